The van der Waals surface area contributed by atoms with Crippen LogP contribution in [0.4, 0.5) is 4.39 Å². The lowest BCUT2D eigenvalue weighted by atomic mass is 9.92. The molecular formula is C24H20FN3O3S. The number of halogens is 1. The van der Waals surface area contributed by atoms with Crippen molar-refractivity contribution in [2.24, 2.45) is 4.99 Å². The van der Waals surface area contributed by atoms with Gasteiger partial charge in [-0.2, -0.15) is 0 Å². The summed E-state index contributed by atoms with van der Waals surface area (Å²) in [7, 11) is -3.97. The number of hydrogen-bond acceptors (Lipinski definition) is 5. The summed E-state index contributed by atoms with van der Waals surface area (Å²) < 4.78 is 41.1. The Labute approximate surface area is 185 Å². The molecule has 0 spiro atoms. The molecule has 5 rings (SSSR count). The van der Waals surface area contributed by atoms with Crippen molar-refractivity contribution >= 4 is 21.5 Å². The molecule has 0 amide bonds. The molecule has 1 aromatic heterocycles. The molecule has 0 saturated carbocycles. The summed E-state index contributed by atoms with van der Waals surface area (Å²) in [4.78, 5) is 18.1. The first-order valence-electron chi connectivity index (χ1n) is 10.2. The molecule has 2 heterocycles. The van der Waals surface area contributed by atoms with Gasteiger partial charge in [0.1, 0.15) is 11.5 Å². The molecule has 6 nitrogen and oxygen atoms in total. The number of nitrogens with one attached hydrogen (secondary N) is 1. The summed E-state index contributed by atoms with van der Waals surface area (Å²) in [6, 6.07) is 12.5. The van der Waals surface area contributed by atoms with E-state index >= 15 is 0 Å². The minimum atomic E-state index is -3.97. The van der Waals surface area contributed by atoms with E-state index < -0.39 is 15.8 Å². The SMILES string of the molecule is Cc1ccc(S(=O)(=O)n2cc3c4c2C(=O)C(NCc2ccc(F)cc2)=CC4=NCC3)cc1. The Morgan fingerprint density at radius 2 is 1.81 bits per heavy atom. The van der Waals surface area contributed by atoms with Crippen molar-refractivity contribution in [1.82, 2.24) is 9.29 Å². The Kier molecular flexibility index (Phi) is 4.82. The zero-order valence-corrected chi connectivity index (χ0v) is 18.1. The van der Waals surface area contributed by atoms with Gasteiger partial charge in [-0.25, -0.2) is 16.8 Å². The number of carbonyl (C=O) groups excluding carboxylic acids is 1. The molecule has 162 valence electrons. The lowest BCUT2D eigenvalue weighted by Gasteiger charge is -2.21. The van der Waals surface area contributed by atoms with Gasteiger partial charge in [-0.05, 0) is 54.8 Å². The lowest BCUT2D eigenvalue weighted by molar-refractivity contribution is 0.102. The third-order valence-corrected chi connectivity index (χ3v) is 7.36. The summed E-state index contributed by atoms with van der Waals surface area (Å²) in [5.74, 6) is -0.750. The molecule has 0 saturated heterocycles. The van der Waals surface area contributed by atoms with Crippen molar-refractivity contribution in [3.05, 3.63) is 100 Å². The number of benzene rings is 2. The van der Waals surface area contributed by atoms with Gasteiger partial charge in [-0.3, -0.25) is 9.79 Å². The normalized spacial score (nSPS) is 15.1. The van der Waals surface area contributed by atoms with E-state index in [1.807, 2.05) is 6.92 Å². The van der Waals surface area contributed by atoms with Crippen molar-refractivity contribution in [3.63, 3.8) is 0 Å². The van der Waals surface area contributed by atoms with Gasteiger partial charge in [0.25, 0.3) is 10.0 Å². The van der Waals surface area contributed by atoms with Crippen molar-refractivity contribution in [2.45, 2.75) is 24.8 Å². The molecule has 3 aromatic rings. The average molecular weight is 450 g/mol. The predicted octanol–water partition coefficient (Wildman–Crippen LogP) is 3.39. The first-order valence-corrected chi connectivity index (χ1v) is 11.6. The zero-order valence-electron chi connectivity index (χ0n) is 17.3. The number of Topliss-reactive ketones (excluding diaryl/α,β-unsaturated/α-hetero) is 1. The van der Waals surface area contributed by atoms with Crippen LogP contribution >= 0.6 is 0 Å². The Morgan fingerprint density at radius 1 is 1.09 bits per heavy atom. The largest absolute Gasteiger partial charge is 0.378 e. The number of rotatable bonds is 5. The number of ketones is 1. The van der Waals surface area contributed by atoms with E-state index in [-0.39, 0.29) is 22.1 Å². The van der Waals surface area contributed by atoms with Crippen LogP contribution in [0.1, 0.15) is 32.7 Å². The van der Waals surface area contributed by atoms with Crippen LogP contribution in [0, 0.1) is 12.7 Å². The fraction of sp³-hybridized carbons (Fsp3) is 0.167. The number of nitrogens with zero attached hydrogens (tertiary/aromatic N) is 2. The molecule has 2 aliphatic rings. The van der Waals surface area contributed by atoms with E-state index in [0.29, 0.717) is 30.8 Å². The van der Waals surface area contributed by atoms with Crippen molar-refractivity contribution in [3.8, 4) is 0 Å². The molecule has 8 heteroatoms. The van der Waals surface area contributed by atoms with Gasteiger partial charge in [-0.1, -0.05) is 29.8 Å². The molecule has 0 radical (unpaired) electrons. The zero-order chi connectivity index (χ0) is 22.5. The Balaban J connectivity index is 1.55. The highest BCUT2D eigenvalue weighted by Crippen LogP contribution is 2.32. The van der Waals surface area contributed by atoms with Gasteiger partial charge < -0.3 is 5.32 Å². The van der Waals surface area contributed by atoms with Crippen LogP contribution < -0.4 is 5.32 Å². The van der Waals surface area contributed by atoms with Crippen LogP contribution in [-0.2, 0) is 23.0 Å². The minimum absolute atomic E-state index is 0.100. The highest BCUT2D eigenvalue weighted by molar-refractivity contribution is 7.90. The van der Waals surface area contributed by atoms with Gasteiger partial charge in [0.15, 0.2) is 0 Å². The molecule has 0 atom stereocenters. The van der Waals surface area contributed by atoms with E-state index in [0.717, 1.165) is 20.7 Å². The van der Waals surface area contributed by atoms with Gasteiger partial charge in [0.05, 0.1) is 16.3 Å². The van der Waals surface area contributed by atoms with Crippen molar-refractivity contribution in [2.75, 3.05) is 6.54 Å². The number of aryl methyl sites for hydroxylation is 1. The summed E-state index contributed by atoms with van der Waals surface area (Å²) in [5, 5.41) is 3.07. The molecule has 1 N–H and O–H groups in total. The molecule has 2 aromatic carbocycles. The maximum Gasteiger partial charge on any atom is 0.268 e. The molecule has 32 heavy (non-hydrogen) atoms. The smallest absolute Gasteiger partial charge is 0.268 e. The number of carbonyl (C=O) groups is 1. The van der Waals surface area contributed by atoms with Gasteiger partial charge in [0.2, 0.25) is 5.78 Å². The van der Waals surface area contributed by atoms with E-state index in [1.54, 1.807) is 48.7 Å². The highest BCUT2D eigenvalue weighted by atomic mass is 32.2. The van der Waals surface area contributed by atoms with Crippen LogP contribution in [0.15, 0.2) is 76.4 Å². The topological polar surface area (TPSA) is 80.5 Å². The fourth-order valence-corrected chi connectivity index (χ4v) is 5.38. The summed E-state index contributed by atoms with van der Waals surface area (Å²) in [6.45, 7) is 2.69. The summed E-state index contributed by atoms with van der Waals surface area (Å²) in [6.07, 6.45) is 3.78. The van der Waals surface area contributed by atoms with Crippen molar-refractivity contribution < 1.29 is 17.6 Å². The molecule has 0 fully saturated rings. The minimum Gasteiger partial charge on any atom is -0.378 e. The Morgan fingerprint density at radius 3 is 2.53 bits per heavy atom. The van der Waals surface area contributed by atoms with Gasteiger partial charge in [0, 0.05) is 24.8 Å². The van der Waals surface area contributed by atoms with E-state index in [4.69, 9.17) is 0 Å². The molecule has 1 aliphatic heterocycles. The fourth-order valence-electron chi connectivity index (χ4n) is 3.99. The van der Waals surface area contributed by atoms with E-state index in [9.17, 15) is 17.6 Å². The van der Waals surface area contributed by atoms with E-state index in [1.165, 1.54) is 12.1 Å². The standard InChI is InChI=1S/C24H20FN3O3S/c1-15-2-8-19(9-3-15)32(30,31)28-14-17-10-11-26-20-12-21(24(29)23(28)22(17)20)27-13-16-4-6-18(25)7-5-16/h2-9,12,14,27H,10-11,13H2,1H3. The van der Waals surface area contributed by atoms with Crippen molar-refractivity contribution in [1.29, 1.82) is 0 Å². The summed E-state index contributed by atoms with van der Waals surface area (Å²) >= 11 is 0. The quantitative estimate of drug-likeness (QED) is 0.648. The van der Waals surface area contributed by atoms with Crippen LogP contribution in [0.2, 0.25) is 0 Å². The molecule has 0 bridgehead atoms. The molecular weight excluding hydrogens is 429 g/mol. The van der Waals surface area contributed by atoms with Crippen LogP contribution in [0.5, 0.6) is 0 Å². The Hall–Kier alpha value is -3.52. The van der Waals surface area contributed by atoms with E-state index in [2.05, 4.69) is 10.3 Å². The highest BCUT2D eigenvalue weighted by Gasteiger charge is 2.36. The third-order valence-electron chi connectivity index (χ3n) is 5.69. The third kappa shape index (κ3) is 3.36. The average Bonchev–Trinajstić information content (AvgIpc) is 3.19. The number of aliphatic imine (C=N–C) groups is 1. The van der Waals surface area contributed by atoms with Gasteiger partial charge in [-0.15, -0.1) is 0 Å². The van der Waals surface area contributed by atoms with Crippen LogP contribution in [-0.4, -0.2) is 30.4 Å². The first kappa shape index (κ1) is 20.4. The first-order chi connectivity index (χ1) is 15.3. The number of allylic oxidation sites excluding steroid dienone is 2. The van der Waals surface area contributed by atoms with Crippen LogP contribution in [0.25, 0.3) is 0 Å². The van der Waals surface area contributed by atoms with Crippen LogP contribution in [0.3, 0.4) is 0 Å². The second-order valence-corrected chi connectivity index (χ2v) is 9.69. The maximum absolute atomic E-state index is 13.4. The monoisotopic (exact) mass is 449 g/mol. The summed E-state index contributed by atoms with van der Waals surface area (Å²) in [5.41, 5.74) is 4.07. The van der Waals surface area contributed by atoms with Gasteiger partial charge >= 0.3 is 0 Å². The second kappa shape index (κ2) is 7.56. The number of aromatic nitrogens is 1. The Bertz CT molecular complexity index is 1400. The number of hydrogen-bond donors (Lipinski definition) is 1. The maximum atomic E-state index is 13.4. The molecule has 1 aliphatic carbocycles. The molecule has 0 unspecified atom stereocenters. The predicted molar refractivity (Wildman–Crippen MR) is 119 cm³/mol. The second-order valence-electron chi connectivity index (χ2n) is 7.88. The lowest BCUT2D eigenvalue weighted by Crippen LogP contribution is -2.30.